The molecule has 0 saturated heterocycles. The summed E-state index contributed by atoms with van der Waals surface area (Å²) < 4.78 is 87.2. The third-order valence-corrected chi connectivity index (χ3v) is 4.65. The Morgan fingerprint density at radius 1 is 1.07 bits per heavy atom. The largest absolute Gasteiger partial charge is 0.426 e. The second-order valence-electron chi connectivity index (χ2n) is 6.65. The predicted molar refractivity (Wildman–Crippen MR) is 84.2 cm³/mol. The molecule has 9 heteroatoms. The molecule has 1 fully saturated rings. The first-order chi connectivity index (χ1) is 12.6. The minimum absolute atomic E-state index is 0.0824. The molecule has 1 aromatic rings. The van der Waals surface area contributed by atoms with Gasteiger partial charge in [-0.2, -0.15) is 22.0 Å². The summed E-state index contributed by atoms with van der Waals surface area (Å²) in [4.78, 5) is 12.1. The summed E-state index contributed by atoms with van der Waals surface area (Å²) in [7, 11) is 1.60. The van der Waals surface area contributed by atoms with E-state index in [4.69, 9.17) is 9.47 Å². The zero-order valence-electron chi connectivity index (χ0n) is 14.6. The van der Waals surface area contributed by atoms with E-state index in [1.807, 2.05) is 0 Å². The summed E-state index contributed by atoms with van der Waals surface area (Å²) in [6.07, 6.45) is -7.19. The van der Waals surface area contributed by atoms with E-state index in [2.05, 4.69) is 0 Å². The van der Waals surface area contributed by atoms with Crippen LogP contribution in [0.4, 0.5) is 26.3 Å². The fourth-order valence-corrected chi connectivity index (χ4v) is 3.10. The number of benzene rings is 1. The molecule has 1 aliphatic carbocycles. The van der Waals surface area contributed by atoms with Crippen LogP contribution in [0.2, 0.25) is 0 Å². The van der Waals surface area contributed by atoms with Crippen molar-refractivity contribution in [2.45, 2.75) is 44.0 Å². The molecule has 152 valence electrons. The molecule has 0 N–H and O–H groups in total. The Balaban J connectivity index is 1.97. The Labute approximate surface area is 152 Å². The number of methoxy groups -OCH3 is 1. The Morgan fingerprint density at radius 2 is 1.63 bits per heavy atom. The van der Waals surface area contributed by atoms with Crippen LogP contribution in [0.5, 0.6) is 5.75 Å². The lowest BCUT2D eigenvalue weighted by Gasteiger charge is -2.26. The van der Waals surface area contributed by atoms with Crippen molar-refractivity contribution in [3.05, 3.63) is 29.8 Å². The van der Waals surface area contributed by atoms with Crippen molar-refractivity contribution in [3.8, 4) is 5.75 Å². The Hall–Kier alpha value is -1.77. The Kier molecular flexibility index (Phi) is 6.77. The fraction of sp³-hybridized carbons (Fsp3) is 0.611. The number of alkyl halides is 6. The number of esters is 1. The van der Waals surface area contributed by atoms with Crippen LogP contribution in [0.15, 0.2) is 24.3 Å². The maximum atomic E-state index is 13.6. The highest BCUT2D eigenvalue weighted by atomic mass is 19.4. The van der Waals surface area contributed by atoms with E-state index < -0.39 is 29.8 Å². The van der Waals surface area contributed by atoms with Gasteiger partial charge in [0.25, 0.3) is 6.17 Å². The molecular weight excluding hydrogens is 378 g/mol. The second kappa shape index (κ2) is 8.50. The number of carbonyl (C=O) groups excluding carboxylic acids is 1. The summed E-state index contributed by atoms with van der Waals surface area (Å²) in [6.45, 7) is 0.616. The van der Waals surface area contributed by atoms with Crippen LogP contribution in [0.1, 0.15) is 31.2 Å². The van der Waals surface area contributed by atoms with Gasteiger partial charge in [-0.05, 0) is 55.9 Å². The molecular formula is C18H20F6O3. The summed E-state index contributed by atoms with van der Waals surface area (Å²) in [5.41, 5.74) is -1.15. The van der Waals surface area contributed by atoms with Crippen molar-refractivity contribution in [1.82, 2.24) is 0 Å². The first kappa shape index (κ1) is 21.5. The number of hydrogen-bond donors (Lipinski definition) is 0. The van der Waals surface area contributed by atoms with Crippen LogP contribution >= 0.6 is 0 Å². The standard InChI is InChI=1S/C18H20F6O3/c1-26-10-11-2-4-12(5-3-11)15(25)27-14-8-6-13(7-9-14)17(20,21)16(19)18(22,23)24/h6-9,11-12,16H,2-5,10H2,1H3. The molecule has 1 aromatic carbocycles. The minimum Gasteiger partial charge on any atom is -0.426 e. The van der Waals surface area contributed by atoms with Gasteiger partial charge in [-0.3, -0.25) is 4.79 Å². The van der Waals surface area contributed by atoms with Gasteiger partial charge in [-0.1, -0.05) is 0 Å². The molecule has 0 aliphatic heterocycles. The number of hydrogen-bond acceptors (Lipinski definition) is 3. The van der Waals surface area contributed by atoms with E-state index in [1.54, 1.807) is 7.11 Å². The van der Waals surface area contributed by atoms with Crippen molar-refractivity contribution in [3.63, 3.8) is 0 Å². The normalized spacial score (nSPS) is 22.3. The van der Waals surface area contributed by atoms with Crippen molar-refractivity contribution in [1.29, 1.82) is 0 Å². The lowest BCUT2D eigenvalue weighted by Crippen LogP contribution is -2.39. The van der Waals surface area contributed by atoms with E-state index in [0.717, 1.165) is 25.0 Å². The first-order valence-corrected chi connectivity index (χ1v) is 8.45. The quantitative estimate of drug-likeness (QED) is 0.383. The molecule has 0 amide bonds. The van der Waals surface area contributed by atoms with Crippen molar-refractivity contribution < 1.29 is 40.6 Å². The first-order valence-electron chi connectivity index (χ1n) is 8.45. The molecule has 3 nitrogen and oxygen atoms in total. The molecule has 0 heterocycles. The molecule has 2 rings (SSSR count). The lowest BCUT2D eigenvalue weighted by molar-refractivity contribution is -0.248. The smallest absolute Gasteiger partial charge is 0.426 e. The molecule has 0 radical (unpaired) electrons. The molecule has 1 atom stereocenters. The molecule has 1 unspecified atom stereocenters. The van der Waals surface area contributed by atoms with E-state index in [9.17, 15) is 31.1 Å². The van der Waals surface area contributed by atoms with E-state index in [1.165, 1.54) is 0 Å². The van der Waals surface area contributed by atoms with Gasteiger partial charge in [-0.15, -0.1) is 0 Å². The van der Waals surface area contributed by atoms with Gasteiger partial charge in [0.2, 0.25) is 0 Å². The highest BCUT2D eigenvalue weighted by molar-refractivity contribution is 5.75. The Bertz CT molecular complexity index is 621. The fourth-order valence-electron chi connectivity index (χ4n) is 3.10. The molecule has 27 heavy (non-hydrogen) atoms. The van der Waals surface area contributed by atoms with Gasteiger partial charge in [-0.25, -0.2) is 4.39 Å². The highest BCUT2D eigenvalue weighted by Gasteiger charge is 2.57. The Morgan fingerprint density at radius 3 is 2.11 bits per heavy atom. The van der Waals surface area contributed by atoms with E-state index >= 15 is 0 Å². The van der Waals surface area contributed by atoms with Gasteiger partial charge in [0.1, 0.15) is 5.75 Å². The maximum Gasteiger partial charge on any atom is 0.426 e. The lowest BCUT2D eigenvalue weighted by atomic mass is 9.82. The zero-order chi connectivity index (χ0) is 20.2. The van der Waals surface area contributed by atoms with Crippen LogP contribution < -0.4 is 4.74 Å². The van der Waals surface area contributed by atoms with E-state index in [0.29, 0.717) is 37.5 Å². The van der Waals surface area contributed by atoms with Crippen molar-refractivity contribution in [2.75, 3.05) is 13.7 Å². The summed E-state index contributed by atoms with van der Waals surface area (Å²) in [5.74, 6) is -5.30. The van der Waals surface area contributed by atoms with Crippen LogP contribution in [-0.2, 0) is 15.5 Å². The molecule has 1 aliphatic rings. The number of rotatable bonds is 6. The molecule has 0 spiro atoms. The van der Waals surface area contributed by atoms with Gasteiger partial charge in [0.05, 0.1) is 5.92 Å². The third-order valence-electron chi connectivity index (χ3n) is 4.65. The van der Waals surface area contributed by atoms with Gasteiger partial charge in [0, 0.05) is 19.3 Å². The van der Waals surface area contributed by atoms with Gasteiger partial charge in [0.15, 0.2) is 0 Å². The summed E-state index contributed by atoms with van der Waals surface area (Å²) in [5, 5.41) is 0. The maximum absolute atomic E-state index is 13.6. The highest BCUT2D eigenvalue weighted by Crippen LogP contribution is 2.42. The van der Waals surface area contributed by atoms with E-state index in [-0.39, 0.29) is 11.7 Å². The molecule has 1 saturated carbocycles. The minimum atomic E-state index is -5.68. The number of carbonyl (C=O) groups is 1. The third kappa shape index (κ3) is 5.37. The van der Waals surface area contributed by atoms with Crippen LogP contribution in [0.3, 0.4) is 0 Å². The van der Waals surface area contributed by atoms with Crippen molar-refractivity contribution >= 4 is 5.97 Å². The number of ether oxygens (including phenoxy) is 2. The number of halogens is 6. The molecule has 0 bridgehead atoms. The van der Waals surface area contributed by atoms with Gasteiger partial charge < -0.3 is 9.47 Å². The SMILES string of the molecule is COCC1CCC(C(=O)Oc2ccc(C(F)(F)C(F)C(F)(F)F)cc2)CC1. The topological polar surface area (TPSA) is 35.5 Å². The predicted octanol–water partition coefficient (Wildman–Crippen LogP) is 5.04. The average Bonchev–Trinajstić information content (AvgIpc) is 2.61. The average molecular weight is 398 g/mol. The molecule has 0 aromatic heterocycles. The van der Waals surface area contributed by atoms with Crippen LogP contribution in [-0.4, -0.2) is 32.0 Å². The summed E-state index contributed by atoms with van der Waals surface area (Å²) >= 11 is 0. The second-order valence-corrected chi connectivity index (χ2v) is 6.65. The monoisotopic (exact) mass is 398 g/mol. The van der Waals surface area contributed by atoms with Crippen LogP contribution in [0, 0.1) is 11.8 Å². The van der Waals surface area contributed by atoms with Gasteiger partial charge >= 0.3 is 18.1 Å². The van der Waals surface area contributed by atoms with Crippen molar-refractivity contribution in [2.24, 2.45) is 11.8 Å². The van der Waals surface area contributed by atoms with Crippen LogP contribution in [0.25, 0.3) is 0 Å². The summed E-state index contributed by atoms with van der Waals surface area (Å²) in [6, 6.07) is 3.11. The zero-order valence-corrected chi connectivity index (χ0v) is 14.6.